The van der Waals surface area contributed by atoms with Crippen LogP contribution in [0.2, 0.25) is 10.0 Å². The number of thioether (sulfide) groups is 1. The van der Waals surface area contributed by atoms with Gasteiger partial charge in [0.25, 0.3) is 0 Å². The van der Waals surface area contributed by atoms with Crippen LogP contribution in [0.5, 0.6) is 0 Å². The Morgan fingerprint density at radius 1 is 1.17 bits per heavy atom. The van der Waals surface area contributed by atoms with Gasteiger partial charge < -0.3 is 14.8 Å². The minimum Gasteiger partial charge on any atom is -0.461 e. The van der Waals surface area contributed by atoms with E-state index in [1.54, 1.807) is 36.5 Å². The number of thiophene rings is 1. The van der Waals surface area contributed by atoms with E-state index >= 15 is 0 Å². The normalized spacial score (nSPS) is 14.8. The molecule has 0 radical (unpaired) electrons. The Kier molecular flexibility index (Phi) is 7.51. The first-order valence-corrected chi connectivity index (χ1v) is 13.8. The maximum absolute atomic E-state index is 12.4. The zero-order chi connectivity index (χ0) is 24.4. The highest BCUT2D eigenvalue weighted by Crippen LogP contribution is 2.43. The van der Waals surface area contributed by atoms with Gasteiger partial charge in [-0.3, -0.25) is 0 Å². The van der Waals surface area contributed by atoms with Crippen LogP contribution in [-0.2, 0) is 15.2 Å². The van der Waals surface area contributed by atoms with Gasteiger partial charge in [-0.1, -0.05) is 47.5 Å². The fraction of sp³-hybridized carbons (Fsp3) is 0.231. The number of ether oxygens (including phenoxy) is 2. The third kappa shape index (κ3) is 5.15. The predicted octanol–water partition coefficient (Wildman–Crippen LogP) is 7.60. The predicted molar refractivity (Wildman–Crippen MR) is 144 cm³/mol. The summed E-state index contributed by atoms with van der Waals surface area (Å²) < 4.78 is 12.9. The monoisotopic (exact) mass is 544 g/mol. The topological polar surface area (TPSA) is 60.5 Å². The molecule has 0 saturated carbocycles. The number of esters is 1. The zero-order valence-electron chi connectivity index (χ0n) is 18.8. The number of benzene rings is 2. The number of anilines is 1. The molecule has 5 nitrogen and oxygen atoms in total. The van der Waals surface area contributed by atoms with Crippen LogP contribution in [0.25, 0.3) is 10.9 Å². The molecule has 9 heteroatoms. The van der Waals surface area contributed by atoms with E-state index < -0.39 is 5.97 Å². The van der Waals surface area contributed by atoms with E-state index in [4.69, 9.17) is 32.7 Å². The maximum atomic E-state index is 12.4. The quantitative estimate of drug-likeness (QED) is 0.191. The van der Waals surface area contributed by atoms with Gasteiger partial charge in [-0.05, 0) is 47.7 Å². The van der Waals surface area contributed by atoms with Gasteiger partial charge >= 0.3 is 5.97 Å². The lowest BCUT2D eigenvalue weighted by atomic mass is 9.99. The third-order valence-electron chi connectivity index (χ3n) is 5.65. The molecule has 5 rings (SSSR count). The molecule has 0 bridgehead atoms. The fourth-order valence-corrected chi connectivity index (χ4v) is 6.87. The van der Waals surface area contributed by atoms with Crippen molar-refractivity contribution in [2.75, 3.05) is 25.1 Å². The average Bonchev–Trinajstić information content (AvgIpc) is 3.25. The molecule has 1 atom stereocenters. The van der Waals surface area contributed by atoms with Crippen molar-refractivity contribution in [3.05, 3.63) is 86.3 Å². The van der Waals surface area contributed by atoms with Gasteiger partial charge in [-0.2, -0.15) is 0 Å². The number of nitrogens with zero attached hydrogens (tertiary/aromatic N) is 1. The molecule has 2 aromatic heterocycles. The van der Waals surface area contributed by atoms with Gasteiger partial charge in [0.15, 0.2) is 5.69 Å². The van der Waals surface area contributed by atoms with E-state index in [2.05, 4.69) is 46.0 Å². The Morgan fingerprint density at radius 2 is 2.03 bits per heavy atom. The largest absolute Gasteiger partial charge is 0.461 e. The molecule has 2 aromatic carbocycles. The Balaban J connectivity index is 1.38. The van der Waals surface area contributed by atoms with Crippen molar-refractivity contribution in [3.63, 3.8) is 0 Å². The van der Waals surface area contributed by atoms with E-state index in [1.807, 2.05) is 11.8 Å². The van der Waals surface area contributed by atoms with Crippen molar-refractivity contribution in [3.8, 4) is 0 Å². The SMILES string of the molecule is CCOC(=O)c1cc(NCCO[C@H]2c3ccccc3CSc3sccc32)c2c(Cl)cc(Cl)cc2n1. The van der Waals surface area contributed by atoms with Gasteiger partial charge in [0, 0.05) is 34.0 Å². The summed E-state index contributed by atoms with van der Waals surface area (Å²) in [5.74, 6) is 0.435. The van der Waals surface area contributed by atoms with Crippen LogP contribution in [0.4, 0.5) is 5.69 Å². The first-order valence-electron chi connectivity index (χ1n) is 11.2. The zero-order valence-corrected chi connectivity index (χ0v) is 22.0. The van der Waals surface area contributed by atoms with Gasteiger partial charge in [-0.15, -0.1) is 23.1 Å². The van der Waals surface area contributed by atoms with Crippen LogP contribution >= 0.6 is 46.3 Å². The lowest BCUT2D eigenvalue weighted by molar-refractivity contribution is 0.0520. The number of pyridine rings is 1. The van der Waals surface area contributed by atoms with E-state index in [9.17, 15) is 4.79 Å². The summed E-state index contributed by atoms with van der Waals surface area (Å²) in [7, 11) is 0. The minimum absolute atomic E-state index is 0.129. The minimum atomic E-state index is -0.498. The molecule has 1 aliphatic heterocycles. The van der Waals surface area contributed by atoms with Crippen molar-refractivity contribution in [2.45, 2.75) is 23.0 Å². The lowest BCUT2D eigenvalue weighted by Crippen LogP contribution is -2.15. The summed E-state index contributed by atoms with van der Waals surface area (Å²) in [5, 5.41) is 7.09. The second-order valence-corrected chi connectivity index (χ2v) is 10.9. The molecular formula is C26H22Cl2N2O3S2. The van der Waals surface area contributed by atoms with E-state index in [0.717, 1.165) is 5.75 Å². The molecule has 3 heterocycles. The number of nitrogens with one attached hydrogen (secondary N) is 1. The molecule has 180 valence electrons. The number of carbonyl (C=O) groups excluding carboxylic acids is 1. The molecular weight excluding hydrogens is 523 g/mol. The molecule has 4 aromatic rings. The van der Waals surface area contributed by atoms with E-state index in [-0.39, 0.29) is 18.4 Å². The van der Waals surface area contributed by atoms with Crippen molar-refractivity contribution in [1.82, 2.24) is 4.98 Å². The Labute approximate surface area is 221 Å². The van der Waals surface area contributed by atoms with E-state index in [0.29, 0.717) is 39.8 Å². The second-order valence-electron chi connectivity index (χ2n) is 7.89. The maximum Gasteiger partial charge on any atom is 0.357 e. The number of hydrogen-bond acceptors (Lipinski definition) is 7. The number of halogens is 2. The highest BCUT2D eigenvalue weighted by molar-refractivity contribution is 8.00. The second kappa shape index (κ2) is 10.8. The summed E-state index contributed by atoms with van der Waals surface area (Å²) in [6, 6.07) is 15.6. The number of aromatic nitrogens is 1. The first-order chi connectivity index (χ1) is 17.0. The van der Waals surface area contributed by atoms with Gasteiger partial charge in [0.2, 0.25) is 0 Å². The average molecular weight is 546 g/mol. The van der Waals surface area contributed by atoms with Gasteiger partial charge in [-0.25, -0.2) is 9.78 Å². The number of rotatable bonds is 7. The molecule has 0 saturated heterocycles. The third-order valence-corrected chi connectivity index (χ3v) is 8.48. The summed E-state index contributed by atoms with van der Waals surface area (Å²) in [6.45, 7) is 2.97. The number of hydrogen-bond donors (Lipinski definition) is 1. The molecule has 35 heavy (non-hydrogen) atoms. The van der Waals surface area contributed by atoms with Crippen LogP contribution in [0, 0.1) is 0 Å². The summed E-state index contributed by atoms with van der Waals surface area (Å²) >= 11 is 16.3. The molecule has 0 aliphatic carbocycles. The molecule has 0 unspecified atom stereocenters. The van der Waals surface area contributed by atoms with Crippen molar-refractivity contribution >= 4 is 68.9 Å². The summed E-state index contributed by atoms with van der Waals surface area (Å²) in [5.41, 5.74) is 5.10. The van der Waals surface area contributed by atoms with Crippen LogP contribution in [0.15, 0.2) is 58.1 Å². The Morgan fingerprint density at radius 3 is 2.89 bits per heavy atom. The van der Waals surface area contributed by atoms with Crippen molar-refractivity contribution in [2.24, 2.45) is 0 Å². The Bertz CT molecular complexity index is 1390. The summed E-state index contributed by atoms with van der Waals surface area (Å²) in [6.07, 6.45) is -0.129. The Hall–Kier alpha value is -2.29. The molecule has 1 N–H and O–H groups in total. The fourth-order valence-electron chi connectivity index (χ4n) is 4.13. The van der Waals surface area contributed by atoms with Gasteiger partial charge in [0.05, 0.1) is 28.0 Å². The van der Waals surface area contributed by atoms with Crippen LogP contribution in [0.1, 0.15) is 40.2 Å². The number of carbonyl (C=O) groups is 1. The standard InChI is InChI=1S/C26H22Cl2N2O3S2/c1-2-32-25(31)22-13-20(23-19(28)11-16(27)12-21(23)30-22)29-8-9-33-24-17-6-4-3-5-15(17)14-35-26-18(24)7-10-34-26/h3-7,10-13,24H,2,8-9,14H2,1H3,(H,29,30)/t24-/m0/s1. The van der Waals surface area contributed by atoms with Crippen molar-refractivity contribution < 1.29 is 14.3 Å². The smallest absolute Gasteiger partial charge is 0.357 e. The highest BCUT2D eigenvalue weighted by atomic mass is 35.5. The molecule has 0 amide bonds. The van der Waals surface area contributed by atoms with Gasteiger partial charge in [0.1, 0.15) is 6.10 Å². The lowest BCUT2D eigenvalue weighted by Gasteiger charge is -2.20. The first kappa shape index (κ1) is 24.4. The van der Waals surface area contributed by atoms with Crippen LogP contribution in [-0.4, -0.2) is 30.7 Å². The highest BCUT2D eigenvalue weighted by Gasteiger charge is 2.25. The van der Waals surface area contributed by atoms with E-state index in [1.165, 1.54) is 20.9 Å². The molecule has 0 fully saturated rings. The van der Waals surface area contributed by atoms with Crippen LogP contribution < -0.4 is 5.32 Å². The van der Waals surface area contributed by atoms with Crippen LogP contribution in [0.3, 0.4) is 0 Å². The molecule has 1 aliphatic rings. The summed E-state index contributed by atoms with van der Waals surface area (Å²) in [4.78, 5) is 16.8. The molecule has 0 spiro atoms. The number of fused-ring (bicyclic) bond motifs is 3. The van der Waals surface area contributed by atoms with Crippen molar-refractivity contribution in [1.29, 1.82) is 0 Å².